The molecule has 0 aliphatic carbocycles. The number of nitrogens with zero attached hydrogens (tertiary/aromatic N) is 2. The number of rotatable bonds is 6. The molecule has 0 saturated carbocycles. The monoisotopic (exact) mass is 301 g/mol. The number of primary sulfonamides is 1. The van der Waals surface area contributed by atoms with Gasteiger partial charge in [0.25, 0.3) is 5.91 Å². The Morgan fingerprint density at radius 2 is 2.05 bits per heavy atom. The van der Waals surface area contributed by atoms with Crippen LogP contribution in [-0.4, -0.2) is 37.4 Å². The molecule has 1 aromatic rings. The van der Waals surface area contributed by atoms with Crippen LogP contribution in [0.25, 0.3) is 0 Å². The van der Waals surface area contributed by atoms with Crippen LogP contribution in [0.4, 0.5) is 0 Å². The molecule has 114 valence electrons. The van der Waals surface area contributed by atoms with E-state index in [2.05, 4.69) is 0 Å². The third kappa shape index (κ3) is 3.83. The summed E-state index contributed by atoms with van der Waals surface area (Å²) < 4.78 is 24.5. The van der Waals surface area contributed by atoms with Crippen LogP contribution in [0, 0.1) is 0 Å². The summed E-state index contributed by atoms with van der Waals surface area (Å²) in [5, 5.41) is 5.13. The van der Waals surface area contributed by atoms with E-state index >= 15 is 0 Å². The van der Waals surface area contributed by atoms with E-state index in [1.165, 1.54) is 12.3 Å². The predicted molar refractivity (Wildman–Crippen MR) is 78.1 cm³/mol. The van der Waals surface area contributed by atoms with Crippen molar-refractivity contribution in [2.24, 2.45) is 5.14 Å². The van der Waals surface area contributed by atoms with Crippen LogP contribution in [0.3, 0.4) is 0 Å². The van der Waals surface area contributed by atoms with Gasteiger partial charge in [0.2, 0.25) is 10.0 Å². The molecule has 20 heavy (non-hydrogen) atoms. The minimum absolute atomic E-state index is 0.0241. The maximum Gasteiger partial charge on any atom is 0.270 e. The van der Waals surface area contributed by atoms with E-state index in [0.29, 0.717) is 12.2 Å². The Labute approximate surface area is 120 Å². The van der Waals surface area contributed by atoms with Gasteiger partial charge in [-0.1, -0.05) is 13.3 Å². The summed E-state index contributed by atoms with van der Waals surface area (Å²) >= 11 is 0. The van der Waals surface area contributed by atoms with E-state index in [-0.39, 0.29) is 16.8 Å². The van der Waals surface area contributed by atoms with Crippen molar-refractivity contribution < 1.29 is 13.2 Å². The summed E-state index contributed by atoms with van der Waals surface area (Å²) in [6.45, 7) is 6.46. The van der Waals surface area contributed by atoms with Crippen molar-refractivity contribution in [2.75, 3.05) is 13.6 Å². The van der Waals surface area contributed by atoms with Crippen molar-refractivity contribution in [3.8, 4) is 0 Å². The smallest absolute Gasteiger partial charge is 0.270 e. The fourth-order valence-corrected chi connectivity index (χ4v) is 2.44. The van der Waals surface area contributed by atoms with E-state index in [4.69, 9.17) is 5.14 Å². The SMILES string of the molecule is CCCCN(C)C(=O)c1cc(S(N)(=O)=O)cn1C(C)C. The number of aromatic nitrogens is 1. The van der Waals surface area contributed by atoms with Gasteiger partial charge in [0.05, 0.1) is 0 Å². The van der Waals surface area contributed by atoms with Crippen molar-refractivity contribution in [3.63, 3.8) is 0 Å². The lowest BCUT2D eigenvalue weighted by molar-refractivity contribution is 0.0781. The van der Waals surface area contributed by atoms with Crippen LogP contribution in [-0.2, 0) is 10.0 Å². The standard InChI is InChI=1S/C13H23N3O3S/c1-5-6-7-15(4)13(17)12-8-11(20(14,18)19)9-16(12)10(2)3/h8-10H,5-7H2,1-4H3,(H2,14,18,19). The quantitative estimate of drug-likeness (QED) is 0.865. The highest BCUT2D eigenvalue weighted by molar-refractivity contribution is 7.89. The fourth-order valence-electron chi connectivity index (χ4n) is 1.90. The van der Waals surface area contributed by atoms with Crippen LogP contribution < -0.4 is 5.14 Å². The molecule has 1 aromatic heterocycles. The Hall–Kier alpha value is -1.34. The summed E-state index contributed by atoms with van der Waals surface area (Å²) in [4.78, 5) is 14.0. The zero-order valence-corrected chi connectivity index (χ0v) is 13.3. The number of carbonyl (C=O) groups excluding carboxylic acids is 1. The van der Waals surface area contributed by atoms with Crippen molar-refractivity contribution in [1.82, 2.24) is 9.47 Å². The van der Waals surface area contributed by atoms with Crippen LogP contribution in [0.1, 0.15) is 50.1 Å². The van der Waals surface area contributed by atoms with E-state index in [9.17, 15) is 13.2 Å². The number of unbranched alkanes of at least 4 members (excludes halogenated alkanes) is 1. The average molecular weight is 301 g/mol. The minimum Gasteiger partial charge on any atom is -0.340 e. The molecule has 0 atom stereocenters. The van der Waals surface area contributed by atoms with Crippen LogP contribution in [0.15, 0.2) is 17.2 Å². The Morgan fingerprint density at radius 1 is 1.45 bits per heavy atom. The third-order valence-electron chi connectivity index (χ3n) is 3.12. The highest BCUT2D eigenvalue weighted by Crippen LogP contribution is 2.19. The number of amides is 1. The second kappa shape index (κ2) is 6.41. The molecule has 2 N–H and O–H groups in total. The molecule has 0 fully saturated rings. The molecule has 0 saturated heterocycles. The van der Waals surface area contributed by atoms with E-state index in [0.717, 1.165) is 12.8 Å². The number of nitrogens with two attached hydrogens (primary N) is 1. The lowest BCUT2D eigenvalue weighted by Gasteiger charge is -2.19. The van der Waals surface area contributed by atoms with Crippen molar-refractivity contribution >= 4 is 15.9 Å². The molecule has 7 heteroatoms. The van der Waals surface area contributed by atoms with Gasteiger partial charge < -0.3 is 9.47 Å². The Kier molecular flexibility index (Phi) is 5.35. The van der Waals surface area contributed by atoms with Gasteiger partial charge in [0.15, 0.2) is 0 Å². The molecule has 0 aliphatic rings. The average Bonchev–Trinajstić information content (AvgIpc) is 2.79. The number of hydrogen-bond donors (Lipinski definition) is 1. The summed E-state index contributed by atoms with van der Waals surface area (Å²) in [5.74, 6) is -0.193. The van der Waals surface area contributed by atoms with E-state index in [1.54, 1.807) is 16.5 Å². The molecule has 0 radical (unpaired) electrons. The molecular formula is C13H23N3O3S. The van der Waals surface area contributed by atoms with Crippen molar-refractivity contribution in [3.05, 3.63) is 18.0 Å². The lowest BCUT2D eigenvalue weighted by Crippen LogP contribution is -2.29. The molecule has 0 spiro atoms. The predicted octanol–water partition coefficient (Wildman–Crippen LogP) is 1.59. The second-order valence-electron chi connectivity index (χ2n) is 5.19. The van der Waals surface area contributed by atoms with Crippen molar-refractivity contribution in [1.29, 1.82) is 0 Å². The Balaban J connectivity index is 3.16. The van der Waals surface area contributed by atoms with Gasteiger partial charge in [-0.25, -0.2) is 13.6 Å². The maximum absolute atomic E-state index is 12.4. The summed E-state index contributed by atoms with van der Waals surface area (Å²) in [6.07, 6.45) is 3.32. The van der Waals surface area contributed by atoms with Crippen LogP contribution in [0.2, 0.25) is 0 Å². The van der Waals surface area contributed by atoms with E-state index < -0.39 is 10.0 Å². The first-order chi connectivity index (χ1) is 9.18. The van der Waals surface area contributed by atoms with Crippen LogP contribution in [0.5, 0.6) is 0 Å². The maximum atomic E-state index is 12.4. The first kappa shape index (κ1) is 16.7. The topological polar surface area (TPSA) is 85.4 Å². The van der Waals surface area contributed by atoms with Gasteiger partial charge in [-0.2, -0.15) is 0 Å². The summed E-state index contributed by atoms with van der Waals surface area (Å²) in [5.41, 5.74) is 0.350. The molecule has 0 aromatic carbocycles. The van der Waals surface area contributed by atoms with Gasteiger partial charge in [0.1, 0.15) is 10.6 Å². The van der Waals surface area contributed by atoms with Gasteiger partial charge in [0, 0.05) is 25.8 Å². The number of carbonyl (C=O) groups is 1. The normalized spacial score (nSPS) is 11.9. The molecule has 0 aliphatic heterocycles. The first-order valence-electron chi connectivity index (χ1n) is 6.68. The fraction of sp³-hybridized carbons (Fsp3) is 0.615. The largest absolute Gasteiger partial charge is 0.340 e. The lowest BCUT2D eigenvalue weighted by atomic mass is 10.3. The molecule has 1 rings (SSSR count). The van der Waals surface area contributed by atoms with Crippen LogP contribution >= 0.6 is 0 Å². The highest BCUT2D eigenvalue weighted by atomic mass is 32.2. The highest BCUT2D eigenvalue weighted by Gasteiger charge is 2.22. The Bertz CT molecular complexity index is 576. The van der Waals surface area contributed by atoms with Crippen molar-refractivity contribution in [2.45, 2.75) is 44.6 Å². The second-order valence-corrected chi connectivity index (χ2v) is 6.75. The molecule has 0 bridgehead atoms. The minimum atomic E-state index is -3.81. The van der Waals surface area contributed by atoms with Gasteiger partial charge in [-0.05, 0) is 26.3 Å². The number of sulfonamides is 1. The third-order valence-corrected chi connectivity index (χ3v) is 4.00. The van der Waals surface area contributed by atoms with E-state index in [1.807, 2.05) is 20.8 Å². The zero-order chi connectivity index (χ0) is 15.5. The Morgan fingerprint density at radius 3 is 2.50 bits per heavy atom. The first-order valence-corrected chi connectivity index (χ1v) is 8.23. The van der Waals surface area contributed by atoms with Gasteiger partial charge in [-0.15, -0.1) is 0 Å². The number of hydrogen-bond acceptors (Lipinski definition) is 3. The summed E-state index contributed by atoms with van der Waals surface area (Å²) in [6, 6.07) is 1.32. The van der Waals surface area contributed by atoms with Gasteiger partial charge >= 0.3 is 0 Å². The molecular weight excluding hydrogens is 278 g/mol. The molecule has 6 nitrogen and oxygen atoms in total. The molecule has 1 heterocycles. The molecule has 1 amide bonds. The summed E-state index contributed by atoms with van der Waals surface area (Å²) in [7, 11) is -2.09. The molecule has 0 unspecified atom stereocenters. The zero-order valence-electron chi connectivity index (χ0n) is 12.5. The van der Waals surface area contributed by atoms with Gasteiger partial charge in [-0.3, -0.25) is 4.79 Å².